The smallest absolute Gasteiger partial charge is 0.0360 e. The van der Waals surface area contributed by atoms with Crippen molar-refractivity contribution >= 4 is 5.69 Å². The minimum Gasteiger partial charge on any atom is -0.399 e. The number of hydrogen-bond acceptors (Lipinski definition) is 2. The van der Waals surface area contributed by atoms with Gasteiger partial charge >= 0.3 is 0 Å². The van der Waals surface area contributed by atoms with Crippen molar-refractivity contribution in [3.63, 3.8) is 0 Å². The highest BCUT2D eigenvalue weighted by molar-refractivity contribution is 5.43. The monoisotopic (exact) mass is 244 g/mol. The Kier molecular flexibility index (Phi) is 5.50. The lowest BCUT2D eigenvalue weighted by atomic mass is 9.99. The summed E-state index contributed by atoms with van der Waals surface area (Å²) in [6.45, 7) is 4.17. The molecule has 0 spiro atoms. The van der Waals surface area contributed by atoms with Gasteiger partial charge in [0.25, 0.3) is 0 Å². The Hall–Kier alpha value is -1.70. The van der Waals surface area contributed by atoms with Crippen molar-refractivity contribution in [1.82, 2.24) is 0 Å². The standard InChI is InChI=1S/C8H11N.C8H13N/c1-9(2)8-6-4-3-5-7-8;1-6-4-3-5-7(2)8(6)9/h3-7H,1-2H3;4H,3,5,9H2,1-2H3. The van der Waals surface area contributed by atoms with Crippen LogP contribution in [0.2, 0.25) is 0 Å². The molecule has 98 valence electrons. The lowest BCUT2D eigenvalue weighted by Crippen LogP contribution is -2.07. The van der Waals surface area contributed by atoms with Gasteiger partial charge in [0, 0.05) is 25.5 Å². The van der Waals surface area contributed by atoms with Crippen molar-refractivity contribution in [2.45, 2.75) is 26.7 Å². The van der Waals surface area contributed by atoms with Crippen molar-refractivity contribution in [3.05, 3.63) is 53.3 Å². The Morgan fingerprint density at radius 2 is 1.67 bits per heavy atom. The molecule has 2 heteroatoms. The number of para-hydroxylation sites is 1. The molecule has 1 aliphatic rings. The highest BCUT2D eigenvalue weighted by Gasteiger charge is 2.04. The van der Waals surface area contributed by atoms with Crippen LogP contribution in [0.5, 0.6) is 0 Å². The van der Waals surface area contributed by atoms with Crippen molar-refractivity contribution in [3.8, 4) is 0 Å². The zero-order chi connectivity index (χ0) is 13.5. The van der Waals surface area contributed by atoms with Gasteiger partial charge in [-0.25, -0.2) is 0 Å². The molecule has 0 atom stereocenters. The van der Waals surface area contributed by atoms with E-state index in [1.807, 2.05) is 32.3 Å². The zero-order valence-corrected chi connectivity index (χ0v) is 11.9. The second-order valence-electron chi connectivity index (χ2n) is 4.85. The Bertz CT molecular complexity index is 428. The van der Waals surface area contributed by atoms with Gasteiger partial charge < -0.3 is 10.6 Å². The van der Waals surface area contributed by atoms with E-state index < -0.39 is 0 Å². The first-order chi connectivity index (χ1) is 8.52. The Morgan fingerprint density at radius 3 is 2.06 bits per heavy atom. The van der Waals surface area contributed by atoms with Gasteiger partial charge in [-0.1, -0.05) is 24.3 Å². The fourth-order valence-corrected chi connectivity index (χ4v) is 1.81. The van der Waals surface area contributed by atoms with Crippen molar-refractivity contribution in [2.75, 3.05) is 19.0 Å². The molecule has 2 nitrogen and oxygen atoms in total. The average molecular weight is 244 g/mol. The van der Waals surface area contributed by atoms with Gasteiger partial charge in [0.05, 0.1) is 0 Å². The van der Waals surface area contributed by atoms with E-state index in [0.717, 1.165) is 12.1 Å². The molecule has 0 bridgehead atoms. The molecule has 1 aromatic carbocycles. The van der Waals surface area contributed by atoms with E-state index >= 15 is 0 Å². The summed E-state index contributed by atoms with van der Waals surface area (Å²) in [5.74, 6) is 0. The highest BCUT2D eigenvalue weighted by atomic mass is 15.1. The van der Waals surface area contributed by atoms with Crippen molar-refractivity contribution < 1.29 is 0 Å². The predicted molar refractivity (Wildman–Crippen MR) is 80.6 cm³/mol. The summed E-state index contributed by atoms with van der Waals surface area (Å²) in [6.07, 6.45) is 4.50. The lowest BCUT2D eigenvalue weighted by Gasteiger charge is -2.12. The summed E-state index contributed by atoms with van der Waals surface area (Å²) in [4.78, 5) is 2.08. The summed E-state index contributed by atoms with van der Waals surface area (Å²) >= 11 is 0. The van der Waals surface area contributed by atoms with E-state index in [0.29, 0.717) is 0 Å². The molecular formula is C16H24N2. The summed E-state index contributed by atoms with van der Waals surface area (Å²) in [5, 5.41) is 0. The van der Waals surface area contributed by atoms with E-state index in [9.17, 15) is 0 Å². The van der Waals surface area contributed by atoms with Crippen LogP contribution in [-0.4, -0.2) is 14.1 Å². The number of benzene rings is 1. The zero-order valence-electron chi connectivity index (χ0n) is 11.9. The summed E-state index contributed by atoms with van der Waals surface area (Å²) in [5.41, 5.74) is 10.6. The van der Waals surface area contributed by atoms with Crippen LogP contribution in [0.3, 0.4) is 0 Å². The molecule has 2 rings (SSSR count). The third-order valence-electron chi connectivity index (χ3n) is 3.13. The first-order valence-electron chi connectivity index (χ1n) is 6.37. The lowest BCUT2D eigenvalue weighted by molar-refractivity contribution is 0.911. The molecule has 1 aromatic rings. The van der Waals surface area contributed by atoms with E-state index in [1.165, 1.54) is 23.3 Å². The maximum Gasteiger partial charge on any atom is 0.0360 e. The molecule has 18 heavy (non-hydrogen) atoms. The van der Waals surface area contributed by atoms with Crippen molar-refractivity contribution in [2.24, 2.45) is 5.73 Å². The molecule has 0 saturated carbocycles. The predicted octanol–water partition coefficient (Wildman–Crippen LogP) is 3.71. The first kappa shape index (κ1) is 14.4. The second kappa shape index (κ2) is 6.90. The molecule has 0 aromatic heterocycles. The highest BCUT2D eigenvalue weighted by Crippen LogP contribution is 2.19. The normalized spacial score (nSPS) is 14.6. The molecule has 0 heterocycles. The largest absolute Gasteiger partial charge is 0.399 e. The van der Waals surface area contributed by atoms with Gasteiger partial charge in [-0.2, -0.15) is 0 Å². The Morgan fingerprint density at radius 1 is 1.06 bits per heavy atom. The molecule has 2 N–H and O–H groups in total. The average Bonchev–Trinajstić information content (AvgIpc) is 2.38. The topological polar surface area (TPSA) is 29.3 Å². The summed E-state index contributed by atoms with van der Waals surface area (Å²) in [6, 6.07) is 10.3. The van der Waals surface area contributed by atoms with Crippen LogP contribution in [0.4, 0.5) is 5.69 Å². The quantitative estimate of drug-likeness (QED) is 0.816. The number of anilines is 1. The Labute approximate surface area is 111 Å². The van der Waals surface area contributed by atoms with Gasteiger partial charge in [0.1, 0.15) is 0 Å². The van der Waals surface area contributed by atoms with E-state index in [1.54, 1.807) is 0 Å². The molecule has 0 amide bonds. The fraction of sp³-hybridized carbons (Fsp3) is 0.375. The second-order valence-corrected chi connectivity index (χ2v) is 4.85. The van der Waals surface area contributed by atoms with Crippen LogP contribution in [0.25, 0.3) is 0 Å². The fourth-order valence-electron chi connectivity index (χ4n) is 1.81. The van der Waals surface area contributed by atoms with Gasteiger partial charge in [-0.3, -0.25) is 0 Å². The van der Waals surface area contributed by atoms with Crippen LogP contribution in [0.1, 0.15) is 26.7 Å². The van der Waals surface area contributed by atoms with E-state index in [-0.39, 0.29) is 0 Å². The van der Waals surface area contributed by atoms with E-state index in [4.69, 9.17) is 5.73 Å². The molecule has 0 fully saturated rings. The van der Waals surface area contributed by atoms with E-state index in [2.05, 4.69) is 37.0 Å². The number of nitrogens with two attached hydrogens (primary N) is 1. The number of rotatable bonds is 1. The first-order valence-corrected chi connectivity index (χ1v) is 6.37. The third-order valence-corrected chi connectivity index (χ3v) is 3.13. The molecule has 0 saturated heterocycles. The van der Waals surface area contributed by atoms with Gasteiger partial charge in [0.2, 0.25) is 0 Å². The number of nitrogens with zero attached hydrogens (tertiary/aromatic N) is 1. The van der Waals surface area contributed by atoms with Crippen LogP contribution >= 0.6 is 0 Å². The van der Waals surface area contributed by atoms with Gasteiger partial charge in [0.15, 0.2) is 0 Å². The Balaban J connectivity index is 0.000000180. The molecule has 1 aliphatic carbocycles. The number of allylic oxidation sites excluding steroid dienone is 3. The number of hydrogen-bond donors (Lipinski definition) is 1. The minimum absolute atomic E-state index is 1.00. The van der Waals surface area contributed by atoms with Crippen LogP contribution in [-0.2, 0) is 0 Å². The van der Waals surface area contributed by atoms with Crippen molar-refractivity contribution in [1.29, 1.82) is 0 Å². The SMILES string of the molecule is CC1=CCCC(C)=C1N.CN(C)c1ccccc1. The van der Waals surface area contributed by atoms with Crippen LogP contribution in [0.15, 0.2) is 53.3 Å². The maximum atomic E-state index is 5.73. The molecule has 0 aliphatic heterocycles. The molecule has 0 radical (unpaired) electrons. The van der Waals surface area contributed by atoms with Gasteiger partial charge in [-0.05, 0) is 50.0 Å². The maximum absolute atomic E-state index is 5.73. The summed E-state index contributed by atoms with van der Waals surface area (Å²) < 4.78 is 0. The summed E-state index contributed by atoms with van der Waals surface area (Å²) in [7, 11) is 4.07. The molecular weight excluding hydrogens is 220 g/mol. The third kappa shape index (κ3) is 4.28. The van der Waals surface area contributed by atoms with Crippen LogP contribution < -0.4 is 10.6 Å². The van der Waals surface area contributed by atoms with Gasteiger partial charge in [-0.15, -0.1) is 0 Å². The minimum atomic E-state index is 1.00. The van der Waals surface area contributed by atoms with Crippen LogP contribution in [0, 0.1) is 0 Å². The molecule has 0 unspecified atom stereocenters.